The van der Waals surface area contributed by atoms with E-state index < -0.39 is 23.0 Å². The van der Waals surface area contributed by atoms with E-state index in [4.69, 9.17) is 4.74 Å². The number of ketones is 1. The summed E-state index contributed by atoms with van der Waals surface area (Å²) in [6, 6.07) is 7.93. The summed E-state index contributed by atoms with van der Waals surface area (Å²) >= 11 is 1.23. The Kier molecular flexibility index (Phi) is 7.34. The lowest BCUT2D eigenvalue weighted by Gasteiger charge is -2.61. The Balaban J connectivity index is 1.40. The van der Waals surface area contributed by atoms with E-state index >= 15 is 0 Å². The lowest BCUT2D eigenvalue weighted by atomic mass is 9.44. The minimum atomic E-state index is -0.676. The zero-order chi connectivity index (χ0) is 28.2. The van der Waals surface area contributed by atoms with Crippen LogP contribution in [-0.4, -0.2) is 50.0 Å². The van der Waals surface area contributed by atoms with Gasteiger partial charge in [-0.3, -0.25) is 14.7 Å². The summed E-state index contributed by atoms with van der Waals surface area (Å²) in [5, 5.41) is 19.4. The molecular formula is C31H41N3O4S. The largest absolute Gasteiger partial charge is 0.461 e. The van der Waals surface area contributed by atoms with Gasteiger partial charge < -0.3 is 9.84 Å². The Morgan fingerprint density at radius 1 is 1.28 bits per heavy atom. The fourth-order valence-electron chi connectivity index (χ4n) is 8.09. The third kappa shape index (κ3) is 4.48. The first-order chi connectivity index (χ1) is 18.5. The molecule has 3 fully saturated rings. The number of rotatable bonds is 6. The van der Waals surface area contributed by atoms with Crippen LogP contribution in [-0.2, 0) is 14.3 Å². The molecule has 2 aromatic rings. The molecule has 0 spiro atoms. The van der Waals surface area contributed by atoms with Crippen LogP contribution in [0.15, 0.2) is 42.1 Å². The number of carbonyl (C=O) groups is 2. The number of H-pyrrole nitrogens is 1. The topological polar surface area (TPSA) is 105 Å². The molecule has 7 nitrogen and oxygen atoms in total. The van der Waals surface area contributed by atoms with Crippen LogP contribution in [0, 0.1) is 40.9 Å². The zero-order valence-electron chi connectivity index (χ0n) is 23.7. The van der Waals surface area contributed by atoms with Crippen molar-refractivity contribution in [3.63, 3.8) is 0 Å². The Labute approximate surface area is 235 Å². The molecule has 8 atom stereocenters. The third-order valence-corrected chi connectivity index (χ3v) is 11.6. The van der Waals surface area contributed by atoms with Crippen LogP contribution in [0.5, 0.6) is 0 Å². The van der Waals surface area contributed by atoms with E-state index in [0.29, 0.717) is 23.8 Å². The molecule has 1 aromatic heterocycles. The molecule has 8 heteroatoms. The first-order valence-electron chi connectivity index (χ1n) is 14.1. The number of ether oxygens (including phenoxy) is 1. The highest BCUT2D eigenvalue weighted by Gasteiger charge is 2.68. The Morgan fingerprint density at radius 3 is 2.74 bits per heavy atom. The molecule has 0 saturated heterocycles. The number of esters is 1. The van der Waals surface area contributed by atoms with E-state index in [9.17, 15) is 14.7 Å². The van der Waals surface area contributed by atoms with Gasteiger partial charge in [-0.2, -0.15) is 0 Å². The average molecular weight is 552 g/mol. The highest BCUT2D eigenvalue weighted by atomic mass is 32.2. The first-order valence-corrected chi connectivity index (χ1v) is 15.1. The van der Waals surface area contributed by atoms with Gasteiger partial charge in [-0.1, -0.05) is 69.8 Å². The Morgan fingerprint density at radius 2 is 2.03 bits per heavy atom. The standard InChI is InChI=1S/C31H41N3O4S/c1-7-29(5)16-23(30(6)19(3)12-14-31(20(4)26(29)37)15-13-22(35)25(30)31)38-24(36)17-39-28-32-27(33-34-28)21-11-9-8-10-18(21)2/h7-11,19-20,23,25-26,37H,1,12-17H2,2-6H3,(H,32,33,34)/t19-,20+,23-,25+,26+,29-,30+,31+/m1/s1. The van der Waals surface area contributed by atoms with Crippen molar-refractivity contribution >= 4 is 23.5 Å². The van der Waals surface area contributed by atoms with Gasteiger partial charge in [0.15, 0.2) is 5.82 Å². The predicted molar refractivity (Wildman–Crippen MR) is 152 cm³/mol. The maximum atomic E-state index is 13.5. The highest BCUT2D eigenvalue weighted by Crippen LogP contribution is 2.68. The van der Waals surface area contributed by atoms with Crippen LogP contribution in [0.4, 0.5) is 0 Å². The van der Waals surface area contributed by atoms with E-state index in [1.807, 2.05) is 44.2 Å². The van der Waals surface area contributed by atoms with Gasteiger partial charge >= 0.3 is 5.97 Å². The van der Waals surface area contributed by atoms with Crippen molar-refractivity contribution in [3.05, 3.63) is 42.5 Å². The first kappa shape index (κ1) is 28.1. The van der Waals surface area contributed by atoms with Crippen molar-refractivity contribution in [2.45, 2.75) is 84.1 Å². The summed E-state index contributed by atoms with van der Waals surface area (Å²) in [4.78, 5) is 31.5. The van der Waals surface area contributed by atoms with E-state index in [2.05, 4.69) is 42.5 Å². The molecule has 5 rings (SSSR count). The van der Waals surface area contributed by atoms with Crippen molar-refractivity contribution in [1.29, 1.82) is 0 Å². The predicted octanol–water partition coefficient (Wildman–Crippen LogP) is 5.78. The number of aliphatic hydroxyl groups is 1. The molecule has 0 amide bonds. The second-order valence-corrected chi connectivity index (χ2v) is 13.6. The van der Waals surface area contributed by atoms with Crippen molar-refractivity contribution < 1.29 is 19.4 Å². The number of aryl methyl sites for hydroxylation is 1. The smallest absolute Gasteiger partial charge is 0.316 e. The van der Waals surface area contributed by atoms with Gasteiger partial charge in [0.1, 0.15) is 11.9 Å². The van der Waals surface area contributed by atoms with Crippen LogP contribution in [0.1, 0.15) is 65.4 Å². The number of nitrogens with one attached hydrogen (secondary N) is 1. The summed E-state index contributed by atoms with van der Waals surface area (Å²) < 4.78 is 6.32. The van der Waals surface area contributed by atoms with Gasteiger partial charge in [0.25, 0.3) is 0 Å². The number of benzene rings is 1. The quantitative estimate of drug-likeness (QED) is 0.266. The van der Waals surface area contributed by atoms with Crippen molar-refractivity contribution in [1.82, 2.24) is 15.2 Å². The van der Waals surface area contributed by atoms with Gasteiger partial charge in [0.05, 0.1) is 11.9 Å². The third-order valence-electron chi connectivity index (χ3n) is 10.8. The zero-order valence-corrected chi connectivity index (χ0v) is 24.5. The van der Waals surface area contributed by atoms with Gasteiger partial charge in [0, 0.05) is 28.7 Å². The van der Waals surface area contributed by atoms with Crippen LogP contribution in [0.3, 0.4) is 0 Å². The summed E-state index contributed by atoms with van der Waals surface area (Å²) in [6.07, 6.45) is 4.23. The van der Waals surface area contributed by atoms with E-state index in [0.717, 1.165) is 30.4 Å². The fraction of sp³-hybridized carbons (Fsp3) is 0.613. The molecule has 2 bridgehead atoms. The number of aromatic amines is 1. The van der Waals surface area contributed by atoms with Gasteiger partial charge in [-0.15, -0.1) is 11.7 Å². The lowest BCUT2D eigenvalue weighted by molar-refractivity contribution is -0.205. The number of thioether (sulfide) groups is 1. The normalized spacial score (nSPS) is 38.0. The molecule has 3 aliphatic carbocycles. The maximum Gasteiger partial charge on any atom is 0.316 e. The Hall–Kier alpha value is -2.45. The second-order valence-electron chi connectivity index (χ2n) is 12.6. The van der Waals surface area contributed by atoms with Crippen LogP contribution < -0.4 is 0 Å². The maximum absolute atomic E-state index is 13.5. The SMILES string of the molecule is C=C[C@]1(C)C[C@@H](OC(=O)CSc2n[nH]c(-c3ccccc3C)n2)[C@]2(C)[C@H](C)CC[C@]3(CCC(=O)[C@H]32)[C@@H](C)[C@@H]1O. The number of nitrogens with zero attached hydrogens (tertiary/aromatic N) is 2. The van der Waals surface area contributed by atoms with Crippen molar-refractivity contribution in [2.24, 2.45) is 34.0 Å². The number of Topliss-reactive ketones (excluding diaryl/α,β-unsaturated/α-hetero) is 1. The molecule has 1 aromatic carbocycles. The number of hydrogen-bond donors (Lipinski definition) is 2. The number of aromatic nitrogens is 3. The average Bonchev–Trinajstić information content (AvgIpc) is 3.53. The van der Waals surface area contributed by atoms with Gasteiger partial charge in [0.2, 0.25) is 5.16 Å². The van der Waals surface area contributed by atoms with E-state index in [1.54, 1.807) is 0 Å². The monoisotopic (exact) mass is 551 g/mol. The molecule has 3 aliphatic rings. The summed E-state index contributed by atoms with van der Waals surface area (Å²) in [5.41, 5.74) is 0.601. The number of carbonyl (C=O) groups excluding carboxylic acids is 2. The molecule has 2 N–H and O–H groups in total. The van der Waals surface area contributed by atoms with Gasteiger partial charge in [-0.05, 0) is 55.4 Å². The van der Waals surface area contributed by atoms with Gasteiger partial charge in [-0.25, -0.2) is 4.98 Å². The molecule has 0 unspecified atom stereocenters. The second kappa shape index (κ2) is 10.2. The van der Waals surface area contributed by atoms with Crippen molar-refractivity contribution in [3.8, 4) is 11.4 Å². The minimum Gasteiger partial charge on any atom is -0.461 e. The van der Waals surface area contributed by atoms with Crippen LogP contribution >= 0.6 is 11.8 Å². The summed E-state index contributed by atoms with van der Waals surface area (Å²) in [6.45, 7) is 14.6. The highest BCUT2D eigenvalue weighted by molar-refractivity contribution is 7.99. The molecule has 0 radical (unpaired) electrons. The molecule has 1 heterocycles. The van der Waals surface area contributed by atoms with Crippen LogP contribution in [0.25, 0.3) is 11.4 Å². The molecule has 0 aliphatic heterocycles. The van der Waals surface area contributed by atoms with E-state index in [1.165, 1.54) is 11.8 Å². The summed E-state index contributed by atoms with van der Waals surface area (Å²) in [7, 11) is 0. The molecule has 210 valence electrons. The molecular weight excluding hydrogens is 510 g/mol. The lowest BCUT2D eigenvalue weighted by Crippen LogP contribution is -2.63. The number of hydrogen-bond acceptors (Lipinski definition) is 7. The number of aliphatic hydroxyl groups excluding tert-OH is 1. The Bertz CT molecular complexity index is 1280. The minimum absolute atomic E-state index is 0.0517. The fourth-order valence-corrected chi connectivity index (χ4v) is 8.67. The van der Waals surface area contributed by atoms with Crippen molar-refractivity contribution in [2.75, 3.05) is 5.75 Å². The molecule has 3 saturated carbocycles. The van der Waals surface area contributed by atoms with Crippen LogP contribution in [0.2, 0.25) is 0 Å². The van der Waals surface area contributed by atoms with E-state index in [-0.39, 0.29) is 40.7 Å². The summed E-state index contributed by atoms with van der Waals surface area (Å²) in [5.74, 6) is 0.520. The molecule has 39 heavy (non-hydrogen) atoms.